The molecule has 3 aromatic rings. The van der Waals surface area contributed by atoms with Crippen LogP contribution in [0.25, 0.3) is 11.0 Å². The Kier molecular flexibility index (Phi) is 3.77. The molecular formula is C17H13ClO4. The SMILES string of the molecule is COc1ccc(OC(=O)c2oc3ccc(Cl)cc3c2C)cc1. The lowest BCUT2D eigenvalue weighted by atomic mass is 10.1. The molecule has 4 nitrogen and oxygen atoms in total. The topological polar surface area (TPSA) is 48.7 Å². The minimum atomic E-state index is -0.546. The van der Waals surface area contributed by atoms with Crippen molar-refractivity contribution >= 4 is 28.5 Å². The third kappa shape index (κ3) is 2.65. The second-order valence-electron chi connectivity index (χ2n) is 4.76. The molecule has 0 fully saturated rings. The molecule has 1 aromatic heterocycles. The molecule has 0 aliphatic carbocycles. The number of fused-ring (bicyclic) bond motifs is 1. The van der Waals surface area contributed by atoms with Crippen LogP contribution in [-0.2, 0) is 0 Å². The third-order valence-corrected chi connectivity index (χ3v) is 3.59. The van der Waals surface area contributed by atoms with E-state index in [9.17, 15) is 4.79 Å². The highest BCUT2D eigenvalue weighted by Gasteiger charge is 2.19. The number of carbonyl (C=O) groups excluding carboxylic acids is 1. The lowest BCUT2D eigenvalue weighted by Gasteiger charge is -2.04. The molecule has 0 saturated carbocycles. The zero-order valence-corrected chi connectivity index (χ0v) is 12.8. The standard InChI is InChI=1S/C17H13ClO4/c1-10-14-9-11(18)3-8-15(14)22-16(10)17(19)21-13-6-4-12(20-2)5-7-13/h3-9H,1-2H3. The van der Waals surface area contributed by atoms with Crippen LogP contribution < -0.4 is 9.47 Å². The van der Waals surface area contributed by atoms with Gasteiger partial charge in [0.2, 0.25) is 5.76 Å². The average molecular weight is 317 g/mol. The van der Waals surface area contributed by atoms with Gasteiger partial charge in [0.15, 0.2) is 0 Å². The van der Waals surface area contributed by atoms with Crippen molar-refractivity contribution in [3.8, 4) is 11.5 Å². The Morgan fingerprint density at radius 1 is 1.09 bits per heavy atom. The van der Waals surface area contributed by atoms with Crippen LogP contribution in [-0.4, -0.2) is 13.1 Å². The Bertz CT molecular complexity index is 834. The number of rotatable bonds is 3. The Morgan fingerprint density at radius 2 is 1.77 bits per heavy atom. The fourth-order valence-electron chi connectivity index (χ4n) is 2.18. The van der Waals surface area contributed by atoms with Crippen molar-refractivity contribution in [1.82, 2.24) is 0 Å². The van der Waals surface area contributed by atoms with Gasteiger partial charge in [-0.3, -0.25) is 0 Å². The van der Waals surface area contributed by atoms with Gasteiger partial charge in [-0.25, -0.2) is 4.79 Å². The van der Waals surface area contributed by atoms with Gasteiger partial charge in [0, 0.05) is 16.0 Å². The second kappa shape index (κ2) is 5.73. The number of furan rings is 1. The Morgan fingerprint density at radius 3 is 2.45 bits per heavy atom. The van der Waals surface area contributed by atoms with Crippen LogP contribution in [0, 0.1) is 6.92 Å². The molecule has 0 atom stereocenters. The van der Waals surface area contributed by atoms with Gasteiger partial charge in [0.25, 0.3) is 0 Å². The molecule has 1 heterocycles. The summed E-state index contributed by atoms with van der Waals surface area (Å²) in [6, 6.07) is 12.0. The highest BCUT2D eigenvalue weighted by molar-refractivity contribution is 6.31. The molecule has 0 spiro atoms. The molecule has 0 amide bonds. The van der Waals surface area contributed by atoms with Crippen LogP contribution in [0.5, 0.6) is 11.5 Å². The number of hydrogen-bond acceptors (Lipinski definition) is 4. The molecule has 0 bridgehead atoms. The monoisotopic (exact) mass is 316 g/mol. The van der Waals surface area contributed by atoms with Gasteiger partial charge in [-0.05, 0) is 49.4 Å². The lowest BCUT2D eigenvalue weighted by molar-refractivity contribution is 0.0702. The number of hydrogen-bond donors (Lipinski definition) is 0. The van der Waals surface area contributed by atoms with Crippen LogP contribution in [0.3, 0.4) is 0 Å². The van der Waals surface area contributed by atoms with E-state index < -0.39 is 5.97 Å². The predicted molar refractivity (Wildman–Crippen MR) is 83.9 cm³/mol. The molecule has 0 saturated heterocycles. The number of halogens is 1. The van der Waals surface area contributed by atoms with E-state index >= 15 is 0 Å². The average Bonchev–Trinajstić information content (AvgIpc) is 2.85. The highest BCUT2D eigenvalue weighted by Crippen LogP contribution is 2.29. The molecule has 2 aromatic carbocycles. The molecule has 0 aliphatic rings. The van der Waals surface area contributed by atoms with Gasteiger partial charge in [0.05, 0.1) is 7.11 Å². The van der Waals surface area contributed by atoms with E-state index in [1.54, 1.807) is 56.5 Å². The first-order valence-electron chi connectivity index (χ1n) is 6.63. The summed E-state index contributed by atoms with van der Waals surface area (Å²) in [5, 5.41) is 1.39. The smallest absolute Gasteiger partial charge is 0.379 e. The molecule has 0 unspecified atom stereocenters. The number of ether oxygens (including phenoxy) is 2. The first-order chi connectivity index (χ1) is 10.6. The van der Waals surface area contributed by atoms with E-state index in [2.05, 4.69) is 0 Å². The fraction of sp³-hybridized carbons (Fsp3) is 0.118. The van der Waals surface area contributed by atoms with Gasteiger partial charge in [-0.15, -0.1) is 0 Å². The Balaban J connectivity index is 1.89. The maximum atomic E-state index is 12.3. The molecule has 112 valence electrons. The van der Waals surface area contributed by atoms with Gasteiger partial charge in [0.1, 0.15) is 17.1 Å². The molecule has 3 rings (SSSR count). The van der Waals surface area contributed by atoms with Crippen molar-refractivity contribution in [3.05, 3.63) is 58.8 Å². The summed E-state index contributed by atoms with van der Waals surface area (Å²) < 4.78 is 16.0. The van der Waals surface area contributed by atoms with Crippen LogP contribution in [0.1, 0.15) is 16.1 Å². The van der Waals surface area contributed by atoms with Crippen LogP contribution in [0.2, 0.25) is 5.02 Å². The maximum Gasteiger partial charge on any atom is 0.379 e. The van der Waals surface area contributed by atoms with Crippen molar-refractivity contribution < 1.29 is 18.7 Å². The van der Waals surface area contributed by atoms with Crippen molar-refractivity contribution in [1.29, 1.82) is 0 Å². The van der Waals surface area contributed by atoms with E-state index in [4.69, 9.17) is 25.5 Å². The Labute approximate surface area is 132 Å². The van der Waals surface area contributed by atoms with Crippen molar-refractivity contribution in [3.63, 3.8) is 0 Å². The third-order valence-electron chi connectivity index (χ3n) is 3.35. The van der Waals surface area contributed by atoms with Crippen LogP contribution in [0.15, 0.2) is 46.9 Å². The molecular weight excluding hydrogens is 304 g/mol. The minimum absolute atomic E-state index is 0.174. The second-order valence-corrected chi connectivity index (χ2v) is 5.20. The zero-order valence-electron chi connectivity index (χ0n) is 12.1. The van der Waals surface area contributed by atoms with Crippen molar-refractivity contribution in [2.45, 2.75) is 6.92 Å². The minimum Gasteiger partial charge on any atom is -0.497 e. The van der Waals surface area contributed by atoms with E-state index in [1.807, 2.05) is 0 Å². The fourth-order valence-corrected chi connectivity index (χ4v) is 2.36. The Hall–Kier alpha value is -2.46. The number of aryl methyl sites for hydroxylation is 1. The van der Waals surface area contributed by atoms with Crippen molar-refractivity contribution in [2.24, 2.45) is 0 Å². The maximum absolute atomic E-state index is 12.3. The summed E-state index contributed by atoms with van der Waals surface area (Å²) in [5.74, 6) is 0.737. The quantitative estimate of drug-likeness (QED) is 0.522. The number of carbonyl (C=O) groups is 1. The highest BCUT2D eigenvalue weighted by atomic mass is 35.5. The molecule has 22 heavy (non-hydrogen) atoms. The van der Waals surface area contributed by atoms with E-state index in [0.29, 0.717) is 27.7 Å². The summed E-state index contributed by atoms with van der Waals surface area (Å²) in [4.78, 5) is 12.3. The molecule has 0 radical (unpaired) electrons. The largest absolute Gasteiger partial charge is 0.497 e. The molecule has 5 heteroatoms. The summed E-state index contributed by atoms with van der Waals surface area (Å²) in [7, 11) is 1.57. The zero-order chi connectivity index (χ0) is 15.7. The summed E-state index contributed by atoms with van der Waals surface area (Å²) in [6.45, 7) is 1.80. The number of benzene rings is 2. The predicted octanol–water partition coefficient (Wildman–Crippen LogP) is 4.62. The summed E-state index contributed by atoms with van der Waals surface area (Å²) >= 11 is 5.97. The first-order valence-corrected chi connectivity index (χ1v) is 7.01. The van der Waals surface area contributed by atoms with Gasteiger partial charge in [-0.1, -0.05) is 11.6 Å². The van der Waals surface area contributed by atoms with Gasteiger partial charge in [-0.2, -0.15) is 0 Å². The van der Waals surface area contributed by atoms with E-state index in [-0.39, 0.29) is 5.76 Å². The molecule has 0 aliphatic heterocycles. The van der Waals surface area contributed by atoms with Gasteiger partial charge < -0.3 is 13.9 Å². The van der Waals surface area contributed by atoms with Gasteiger partial charge >= 0.3 is 5.97 Å². The molecule has 0 N–H and O–H groups in total. The number of esters is 1. The first kappa shape index (κ1) is 14.5. The van der Waals surface area contributed by atoms with Crippen LogP contribution in [0.4, 0.5) is 0 Å². The normalized spacial score (nSPS) is 10.7. The van der Waals surface area contributed by atoms with Crippen LogP contribution >= 0.6 is 11.6 Å². The number of methoxy groups -OCH3 is 1. The van der Waals surface area contributed by atoms with E-state index in [1.165, 1.54) is 0 Å². The van der Waals surface area contributed by atoms with Crippen molar-refractivity contribution in [2.75, 3.05) is 7.11 Å². The lowest BCUT2D eigenvalue weighted by Crippen LogP contribution is -2.08. The van der Waals surface area contributed by atoms with E-state index in [0.717, 1.165) is 5.39 Å². The summed E-state index contributed by atoms with van der Waals surface area (Å²) in [6.07, 6.45) is 0. The summed E-state index contributed by atoms with van der Waals surface area (Å²) in [5.41, 5.74) is 1.31.